The van der Waals surface area contributed by atoms with E-state index < -0.39 is 42.2 Å². The lowest BCUT2D eigenvalue weighted by molar-refractivity contribution is -0.176. The van der Waals surface area contributed by atoms with Gasteiger partial charge in [0.15, 0.2) is 0 Å². The maximum Gasteiger partial charge on any atom is 0.352 e. The Morgan fingerprint density at radius 3 is 1.65 bits per heavy atom. The van der Waals surface area contributed by atoms with Crippen LogP contribution in [-0.4, -0.2) is 60.4 Å². The van der Waals surface area contributed by atoms with Gasteiger partial charge in [0.25, 0.3) is 0 Å². The summed E-state index contributed by atoms with van der Waals surface area (Å²) >= 11 is 0. The van der Waals surface area contributed by atoms with Crippen LogP contribution in [0, 0.1) is 0 Å². The molecule has 0 fully saturated rings. The molecule has 4 rings (SSSR count). The van der Waals surface area contributed by atoms with Crippen LogP contribution < -0.4 is 5.32 Å². The number of aliphatic carboxylic acids is 1. The maximum atomic E-state index is 13.7. The molecule has 10 nitrogen and oxygen atoms in total. The minimum absolute atomic E-state index is 0.0431. The summed E-state index contributed by atoms with van der Waals surface area (Å²) in [4.78, 5) is 52.0. The van der Waals surface area contributed by atoms with E-state index in [0.717, 1.165) is 11.1 Å². The predicted octanol–water partition coefficient (Wildman–Crippen LogP) is 5.00. The number of esters is 3. The quantitative estimate of drug-likeness (QED) is 0.129. The number of nitrogens with one attached hydrogen (secondary N) is 1. The molecule has 0 aromatic heterocycles. The van der Waals surface area contributed by atoms with E-state index in [-0.39, 0.29) is 36.9 Å². The molecule has 0 aliphatic rings. The van der Waals surface area contributed by atoms with Crippen molar-refractivity contribution in [1.82, 2.24) is 5.32 Å². The van der Waals surface area contributed by atoms with Crippen LogP contribution in [0.25, 0.3) is 0 Å². The summed E-state index contributed by atoms with van der Waals surface area (Å²) in [5.74, 6) is -4.96. The van der Waals surface area contributed by atoms with Crippen LogP contribution in [0.3, 0.4) is 0 Å². The SMILES string of the molecule is C[C@H](NC[C@@H](COCc1ccccc1)OC(=O)[C@@H](OC(=O)c1ccccc1)[C@H](OC(=O)c1ccccc1)C(=O)O)c1ccccc1. The van der Waals surface area contributed by atoms with Gasteiger partial charge in [-0.05, 0) is 42.3 Å². The van der Waals surface area contributed by atoms with Crippen LogP contribution in [0.15, 0.2) is 121 Å². The van der Waals surface area contributed by atoms with E-state index in [9.17, 15) is 24.3 Å². The van der Waals surface area contributed by atoms with Crippen molar-refractivity contribution in [2.45, 2.75) is 37.9 Å². The van der Waals surface area contributed by atoms with Crippen molar-refractivity contribution in [1.29, 1.82) is 0 Å². The van der Waals surface area contributed by atoms with E-state index in [1.54, 1.807) is 36.4 Å². The van der Waals surface area contributed by atoms with E-state index in [0.29, 0.717) is 0 Å². The molecule has 2 N–H and O–H groups in total. The van der Waals surface area contributed by atoms with Crippen molar-refractivity contribution in [2.75, 3.05) is 13.2 Å². The number of carbonyl (C=O) groups excluding carboxylic acids is 3. The summed E-state index contributed by atoms with van der Waals surface area (Å²) in [6, 6.07) is 34.2. The first kappa shape index (κ1) is 33.6. The van der Waals surface area contributed by atoms with Crippen molar-refractivity contribution >= 4 is 23.9 Å². The summed E-state index contributed by atoms with van der Waals surface area (Å²) in [7, 11) is 0. The van der Waals surface area contributed by atoms with Crippen molar-refractivity contribution in [3.05, 3.63) is 144 Å². The first-order valence-corrected chi connectivity index (χ1v) is 14.7. The second kappa shape index (κ2) is 17.2. The molecule has 10 heteroatoms. The Morgan fingerprint density at radius 1 is 0.652 bits per heavy atom. The van der Waals surface area contributed by atoms with Gasteiger partial charge in [-0.2, -0.15) is 0 Å². The lowest BCUT2D eigenvalue weighted by atomic mass is 10.1. The first-order valence-electron chi connectivity index (χ1n) is 14.7. The lowest BCUT2D eigenvalue weighted by Crippen LogP contribution is -2.48. The Hall–Kier alpha value is -5.32. The van der Waals surface area contributed by atoms with Crippen LogP contribution in [0.1, 0.15) is 44.8 Å². The lowest BCUT2D eigenvalue weighted by Gasteiger charge is -2.26. The molecule has 46 heavy (non-hydrogen) atoms. The topological polar surface area (TPSA) is 137 Å². The average Bonchev–Trinajstić information content (AvgIpc) is 3.09. The van der Waals surface area contributed by atoms with Crippen molar-refractivity contribution in [2.24, 2.45) is 0 Å². The van der Waals surface area contributed by atoms with Gasteiger partial charge in [0.05, 0.1) is 24.3 Å². The van der Waals surface area contributed by atoms with Crippen molar-refractivity contribution in [3.8, 4) is 0 Å². The van der Waals surface area contributed by atoms with Crippen molar-refractivity contribution in [3.63, 3.8) is 0 Å². The Bertz CT molecular complexity index is 1550. The molecule has 0 heterocycles. The molecule has 0 aliphatic carbocycles. The Kier molecular flexibility index (Phi) is 12.6. The summed E-state index contributed by atoms with van der Waals surface area (Å²) in [5.41, 5.74) is 1.99. The second-order valence-electron chi connectivity index (χ2n) is 10.3. The Balaban J connectivity index is 1.55. The number of rotatable bonds is 16. The van der Waals surface area contributed by atoms with Crippen LogP contribution >= 0.6 is 0 Å². The molecule has 4 aromatic rings. The molecule has 238 valence electrons. The van der Waals surface area contributed by atoms with Gasteiger partial charge in [0.2, 0.25) is 12.2 Å². The molecular formula is C36H35NO9. The Labute approximate surface area is 266 Å². The zero-order chi connectivity index (χ0) is 32.7. The standard InChI is InChI=1S/C36H35NO9/c1-25(27-16-8-3-9-17-27)37-22-30(24-43-23-26-14-6-2-7-15-26)44-36(42)32(46-35(41)29-20-12-5-13-21-29)31(33(38)39)45-34(40)28-18-10-4-11-19-28/h2-21,25,30-32,37H,22-24H2,1H3,(H,38,39)/t25-,30-,31-,32-/m0/s1. The van der Waals surface area contributed by atoms with Gasteiger partial charge in [-0.15, -0.1) is 0 Å². The smallest absolute Gasteiger partial charge is 0.352 e. The molecule has 0 saturated heterocycles. The van der Waals surface area contributed by atoms with E-state index in [2.05, 4.69) is 5.32 Å². The molecule has 4 aromatic carbocycles. The molecular weight excluding hydrogens is 590 g/mol. The van der Waals surface area contributed by atoms with Crippen LogP contribution in [0.4, 0.5) is 0 Å². The van der Waals surface area contributed by atoms with Gasteiger partial charge in [-0.1, -0.05) is 97.1 Å². The molecule has 0 saturated carbocycles. The number of benzene rings is 4. The van der Waals surface area contributed by atoms with E-state index >= 15 is 0 Å². The Morgan fingerprint density at radius 2 is 1.13 bits per heavy atom. The third kappa shape index (κ3) is 10.1. The summed E-state index contributed by atoms with van der Waals surface area (Å²) in [6.07, 6.45) is -5.30. The van der Waals surface area contributed by atoms with Gasteiger partial charge >= 0.3 is 23.9 Å². The highest BCUT2D eigenvalue weighted by atomic mass is 16.6. The van der Waals surface area contributed by atoms with Gasteiger partial charge in [0, 0.05) is 12.6 Å². The third-order valence-corrected chi connectivity index (χ3v) is 6.89. The number of ether oxygens (including phenoxy) is 4. The molecule has 0 amide bonds. The molecule has 0 radical (unpaired) electrons. The summed E-state index contributed by atoms with van der Waals surface area (Å²) in [5, 5.41) is 13.4. The minimum atomic E-state index is -2.21. The average molecular weight is 626 g/mol. The first-order chi connectivity index (χ1) is 22.3. The molecule has 0 spiro atoms. The largest absolute Gasteiger partial charge is 0.478 e. The summed E-state index contributed by atoms with van der Waals surface area (Å²) < 4.78 is 22.2. The van der Waals surface area contributed by atoms with Gasteiger partial charge in [-0.25, -0.2) is 19.2 Å². The fourth-order valence-electron chi connectivity index (χ4n) is 4.41. The van der Waals surface area contributed by atoms with Crippen LogP contribution in [0.2, 0.25) is 0 Å². The summed E-state index contributed by atoms with van der Waals surface area (Å²) in [6.45, 7) is 2.20. The zero-order valence-corrected chi connectivity index (χ0v) is 25.2. The minimum Gasteiger partial charge on any atom is -0.478 e. The monoisotopic (exact) mass is 625 g/mol. The molecule has 0 bridgehead atoms. The highest BCUT2D eigenvalue weighted by Gasteiger charge is 2.43. The van der Waals surface area contributed by atoms with Crippen LogP contribution in [-0.2, 0) is 35.1 Å². The van der Waals surface area contributed by atoms with E-state index in [1.165, 1.54) is 24.3 Å². The fourth-order valence-corrected chi connectivity index (χ4v) is 4.41. The van der Waals surface area contributed by atoms with Crippen molar-refractivity contribution < 1.29 is 43.2 Å². The number of carboxylic acid groups (broad SMARTS) is 1. The molecule has 0 unspecified atom stereocenters. The number of carboxylic acids is 1. The van der Waals surface area contributed by atoms with E-state index in [1.807, 2.05) is 67.6 Å². The predicted molar refractivity (Wildman–Crippen MR) is 168 cm³/mol. The number of hydrogen-bond donors (Lipinski definition) is 2. The molecule has 4 atom stereocenters. The van der Waals surface area contributed by atoms with Crippen LogP contribution in [0.5, 0.6) is 0 Å². The van der Waals surface area contributed by atoms with Gasteiger partial charge in [0.1, 0.15) is 6.10 Å². The van der Waals surface area contributed by atoms with Gasteiger partial charge in [-0.3, -0.25) is 0 Å². The number of carbonyl (C=O) groups is 4. The second-order valence-corrected chi connectivity index (χ2v) is 10.3. The zero-order valence-electron chi connectivity index (χ0n) is 25.2. The highest BCUT2D eigenvalue weighted by Crippen LogP contribution is 2.17. The fraction of sp³-hybridized carbons (Fsp3) is 0.222. The normalized spacial score (nSPS) is 13.4. The van der Waals surface area contributed by atoms with Gasteiger partial charge < -0.3 is 29.4 Å². The van der Waals surface area contributed by atoms with E-state index in [4.69, 9.17) is 18.9 Å². The highest BCUT2D eigenvalue weighted by molar-refractivity contribution is 5.95. The molecule has 0 aliphatic heterocycles. The maximum absolute atomic E-state index is 13.7. The third-order valence-electron chi connectivity index (χ3n) is 6.89. The number of hydrogen-bond acceptors (Lipinski definition) is 9.